The number of amides is 1. The fourth-order valence-electron chi connectivity index (χ4n) is 11.0. The number of piperazine rings is 1. The number of anilines is 2. The monoisotopic (exact) mass is 1070 g/mol. The summed E-state index contributed by atoms with van der Waals surface area (Å²) in [7, 11) is -10.9. The summed E-state index contributed by atoms with van der Waals surface area (Å²) in [4.78, 5) is 21.7. The van der Waals surface area contributed by atoms with Crippen molar-refractivity contribution < 1.29 is 39.2 Å². The molecule has 3 saturated heterocycles. The highest BCUT2D eigenvalue weighted by Crippen LogP contribution is 2.59. The third-order valence-electron chi connectivity index (χ3n) is 15.4. The number of nitrogens with one attached hydrogen (secondary N) is 2. The van der Waals surface area contributed by atoms with E-state index in [9.17, 15) is 34.8 Å². The number of alkyl halides is 3. The molecule has 4 fully saturated rings. The largest absolute Gasteiger partial charge is 0.501 e. The third kappa shape index (κ3) is 12.0. The quantitative estimate of drug-likeness (QED) is 0.0824. The van der Waals surface area contributed by atoms with Crippen LogP contribution in [0.2, 0.25) is 5.02 Å². The number of hydrogen-bond donors (Lipinski definition) is 2. The SMILES string of the molecule is CC(C)(C)N1CC2CN(CC[C@H](CSc3ccccc3)Nc3ccc(S(=O)(=O)NC(=O)c4ccc(N5CCN(CC6=C(c7ccc(Cl)cc7F)CCC7(CC7)C6)CC5)cc4)cc3S(=O)(=O)C(F)(F)F)CC2C1. The topological polar surface area (TPSA) is 122 Å². The van der Waals surface area contributed by atoms with Gasteiger partial charge in [0.05, 0.1) is 10.6 Å². The van der Waals surface area contributed by atoms with Crippen LogP contribution >= 0.6 is 23.4 Å². The minimum absolute atomic E-state index is 0.0190. The molecule has 4 aromatic rings. The molecule has 1 amide bonds. The average molecular weight is 1070 g/mol. The second-order valence-corrected chi connectivity index (χ2v) is 26.5. The highest BCUT2D eigenvalue weighted by Gasteiger charge is 2.49. The normalized spacial score (nSPS) is 21.5. The van der Waals surface area contributed by atoms with Gasteiger partial charge in [0.15, 0.2) is 0 Å². The van der Waals surface area contributed by atoms with Crippen molar-refractivity contribution in [2.24, 2.45) is 17.3 Å². The van der Waals surface area contributed by atoms with Gasteiger partial charge in [-0.3, -0.25) is 14.6 Å². The Balaban J connectivity index is 0.854. The minimum Gasteiger partial charge on any atom is -0.380 e. The molecule has 4 aromatic carbocycles. The zero-order valence-electron chi connectivity index (χ0n) is 40.9. The van der Waals surface area contributed by atoms with Gasteiger partial charge in [-0.05, 0) is 149 Å². The number of allylic oxidation sites excluding steroid dienone is 1. The zero-order chi connectivity index (χ0) is 51.2. The molecule has 11 nitrogen and oxygen atoms in total. The van der Waals surface area contributed by atoms with Crippen LogP contribution in [0, 0.1) is 23.1 Å². The Labute approximate surface area is 430 Å². The van der Waals surface area contributed by atoms with Crippen molar-refractivity contribution in [2.45, 2.75) is 91.1 Å². The summed E-state index contributed by atoms with van der Waals surface area (Å²) in [5.74, 6) is 0.0666. The van der Waals surface area contributed by atoms with Crippen LogP contribution in [0.3, 0.4) is 0 Å². The van der Waals surface area contributed by atoms with Crippen LogP contribution in [0.15, 0.2) is 111 Å². The molecule has 2 N–H and O–H groups in total. The van der Waals surface area contributed by atoms with Gasteiger partial charge in [0, 0.05) is 110 Å². The molecule has 3 aliphatic heterocycles. The number of sulfone groups is 1. The maximum absolute atomic E-state index is 15.1. The predicted molar refractivity (Wildman–Crippen MR) is 277 cm³/mol. The van der Waals surface area contributed by atoms with Crippen LogP contribution in [0.1, 0.15) is 75.2 Å². The fourth-order valence-corrected chi connectivity index (χ4v) is 14.1. The van der Waals surface area contributed by atoms with E-state index in [0.29, 0.717) is 65.7 Å². The van der Waals surface area contributed by atoms with Gasteiger partial charge in [-0.25, -0.2) is 25.9 Å². The summed E-state index contributed by atoms with van der Waals surface area (Å²) in [5.41, 5.74) is -1.94. The number of benzene rings is 4. The van der Waals surface area contributed by atoms with Crippen molar-refractivity contribution in [1.82, 2.24) is 19.4 Å². The molecular formula is C53H63ClF4N6O5S3. The van der Waals surface area contributed by atoms with E-state index in [2.05, 4.69) is 45.7 Å². The third-order valence-corrected chi connectivity index (χ3v) is 19.6. The van der Waals surface area contributed by atoms with Gasteiger partial charge in [0.1, 0.15) is 10.7 Å². The molecule has 19 heteroatoms. The number of likely N-dealkylation sites (tertiary alicyclic amines) is 2. The van der Waals surface area contributed by atoms with Crippen molar-refractivity contribution >= 4 is 66.1 Å². The van der Waals surface area contributed by atoms with E-state index in [1.807, 2.05) is 35.1 Å². The standard InChI is InChI=1S/C53H63ClF4N6O5S3/c1-51(2,3)64-33-38-31-62(32-39(38)34-64)22-18-41(35-70-43-7-5-4-6-8-43)59-48-16-14-44(28-49(48)71(66,67)53(56,57)58)72(68,69)60-50(65)36-9-12-42(13-10-36)63-25-23-61(24-26-63)30-37-29-52(20-21-52)19-17-45(37)46-15-11-40(54)27-47(46)55/h4-16,27-28,38-39,41,59H,17-26,29-35H2,1-3H3,(H,60,65)/t38?,39?,41-/m1/s1. The first-order valence-electron chi connectivity index (χ1n) is 24.7. The summed E-state index contributed by atoms with van der Waals surface area (Å²) in [6, 6.07) is 22.7. The first-order chi connectivity index (χ1) is 34.1. The zero-order valence-corrected chi connectivity index (χ0v) is 44.1. The van der Waals surface area contributed by atoms with Crippen molar-refractivity contribution in [2.75, 3.05) is 81.4 Å². The highest BCUT2D eigenvalue weighted by molar-refractivity contribution is 7.99. The molecule has 3 atom stereocenters. The number of carbonyl (C=O) groups is 1. The fraction of sp³-hybridized carbons (Fsp3) is 0.491. The molecule has 72 heavy (non-hydrogen) atoms. The van der Waals surface area contributed by atoms with Crippen molar-refractivity contribution in [3.63, 3.8) is 0 Å². The summed E-state index contributed by atoms with van der Waals surface area (Å²) in [6.07, 6.45) is 5.75. The first-order valence-corrected chi connectivity index (χ1v) is 29.1. The lowest BCUT2D eigenvalue weighted by molar-refractivity contribution is -0.0435. The van der Waals surface area contributed by atoms with Gasteiger partial charge >= 0.3 is 5.51 Å². The van der Waals surface area contributed by atoms with E-state index in [1.165, 1.54) is 48.4 Å². The number of hydrogen-bond acceptors (Lipinski definition) is 11. The number of halogens is 5. The number of sulfonamides is 1. The van der Waals surface area contributed by atoms with Crippen molar-refractivity contribution in [1.29, 1.82) is 0 Å². The second kappa shape index (κ2) is 20.9. The van der Waals surface area contributed by atoms with E-state index in [0.717, 1.165) is 93.4 Å². The highest BCUT2D eigenvalue weighted by atomic mass is 35.5. The maximum atomic E-state index is 15.1. The number of fused-ring (bicyclic) bond motifs is 1. The summed E-state index contributed by atoms with van der Waals surface area (Å²) in [6.45, 7) is 14.6. The Kier molecular flexibility index (Phi) is 15.3. The molecule has 0 radical (unpaired) electrons. The van der Waals surface area contributed by atoms with E-state index in [1.54, 1.807) is 24.3 Å². The van der Waals surface area contributed by atoms with E-state index in [4.69, 9.17) is 11.6 Å². The Bertz CT molecular complexity index is 2880. The molecule has 2 aliphatic carbocycles. The van der Waals surface area contributed by atoms with Gasteiger partial charge in [0.2, 0.25) is 0 Å². The minimum atomic E-state index is -6.08. The Morgan fingerprint density at radius 1 is 0.833 bits per heavy atom. The molecule has 0 aromatic heterocycles. The van der Waals surface area contributed by atoms with E-state index in [-0.39, 0.29) is 22.6 Å². The molecular weight excluding hydrogens is 1010 g/mol. The summed E-state index contributed by atoms with van der Waals surface area (Å²) >= 11 is 7.55. The van der Waals surface area contributed by atoms with Gasteiger partial charge < -0.3 is 15.1 Å². The molecule has 2 unspecified atom stereocenters. The molecule has 0 bridgehead atoms. The lowest BCUT2D eigenvalue weighted by Crippen LogP contribution is -2.47. The number of thioether (sulfide) groups is 1. The van der Waals surface area contributed by atoms with E-state index < -0.39 is 47.1 Å². The van der Waals surface area contributed by atoms with Gasteiger partial charge in [-0.1, -0.05) is 41.4 Å². The molecule has 3 heterocycles. The smallest absolute Gasteiger partial charge is 0.380 e. The van der Waals surface area contributed by atoms with Crippen LogP contribution in [0.4, 0.5) is 28.9 Å². The van der Waals surface area contributed by atoms with Crippen LogP contribution in [-0.4, -0.2) is 126 Å². The Morgan fingerprint density at radius 2 is 1.51 bits per heavy atom. The molecule has 1 spiro atoms. The summed E-state index contributed by atoms with van der Waals surface area (Å²) < 4.78 is 114. The molecule has 1 saturated carbocycles. The van der Waals surface area contributed by atoms with Crippen LogP contribution in [-0.2, 0) is 19.9 Å². The predicted octanol–water partition coefficient (Wildman–Crippen LogP) is 10.1. The van der Waals surface area contributed by atoms with Crippen molar-refractivity contribution in [3.05, 3.63) is 119 Å². The lowest BCUT2D eigenvalue weighted by Gasteiger charge is -2.38. The van der Waals surface area contributed by atoms with Crippen LogP contribution in [0.5, 0.6) is 0 Å². The Morgan fingerprint density at radius 3 is 2.14 bits per heavy atom. The summed E-state index contributed by atoms with van der Waals surface area (Å²) in [5, 5.41) is 3.44. The Hall–Kier alpha value is -4.17. The van der Waals surface area contributed by atoms with Crippen LogP contribution in [0.25, 0.3) is 5.57 Å². The molecule has 9 rings (SSSR count). The van der Waals surface area contributed by atoms with Gasteiger partial charge in [-0.2, -0.15) is 13.2 Å². The van der Waals surface area contributed by atoms with Crippen LogP contribution < -0.4 is 14.9 Å². The lowest BCUT2D eigenvalue weighted by atomic mass is 9.78. The number of carbonyl (C=O) groups excluding carboxylic acids is 1. The van der Waals surface area contributed by atoms with Crippen molar-refractivity contribution in [3.8, 4) is 0 Å². The molecule has 5 aliphatic rings. The van der Waals surface area contributed by atoms with E-state index >= 15 is 4.39 Å². The average Bonchev–Trinajstić information content (AvgIpc) is 3.76. The maximum Gasteiger partial charge on any atom is 0.501 e. The number of rotatable bonds is 16. The van der Waals surface area contributed by atoms with Gasteiger partial charge in [-0.15, -0.1) is 11.8 Å². The first kappa shape index (κ1) is 52.7. The second-order valence-electron chi connectivity index (χ2n) is 21.3. The molecule has 388 valence electrons. The van der Waals surface area contributed by atoms with Gasteiger partial charge in [0.25, 0.3) is 25.8 Å². The number of nitrogens with zero attached hydrogens (tertiary/aromatic N) is 4.